The molecule has 0 radical (unpaired) electrons. The van der Waals surface area contributed by atoms with E-state index in [0.717, 1.165) is 22.3 Å². The van der Waals surface area contributed by atoms with Crippen molar-refractivity contribution in [2.45, 2.75) is 13.1 Å². The zero-order valence-corrected chi connectivity index (χ0v) is 12.5. The quantitative estimate of drug-likeness (QED) is 0.679. The predicted octanol–water partition coefficient (Wildman–Crippen LogP) is 2.90. The Kier molecular flexibility index (Phi) is 4.54. The summed E-state index contributed by atoms with van der Waals surface area (Å²) in [6, 6.07) is 10.2. The van der Waals surface area contributed by atoms with Crippen LogP contribution in [0.4, 0.5) is 5.69 Å². The van der Waals surface area contributed by atoms with Crippen molar-refractivity contribution in [1.29, 1.82) is 0 Å². The van der Waals surface area contributed by atoms with Crippen LogP contribution in [-0.4, -0.2) is 16.9 Å². The number of nitrogens with zero attached hydrogens (tertiary/aromatic N) is 2. The predicted molar refractivity (Wildman–Crippen MR) is 83.0 cm³/mol. The van der Waals surface area contributed by atoms with Crippen LogP contribution in [0.5, 0.6) is 0 Å². The first-order chi connectivity index (χ1) is 8.65. The summed E-state index contributed by atoms with van der Waals surface area (Å²) in [5.41, 5.74) is 9.16. The molecule has 0 aliphatic heterocycles. The van der Waals surface area contributed by atoms with Crippen molar-refractivity contribution in [1.82, 2.24) is 9.88 Å². The summed E-state index contributed by atoms with van der Waals surface area (Å²) in [5, 5.41) is 0. The molecular formula is C14H16IN3. The molecule has 0 amide bonds. The highest BCUT2D eigenvalue weighted by molar-refractivity contribution is 14.1. The maximum Gasteiger partial charge on any atom is 0.0449 e. The standard InChI is InChI=1S/C14H16IN3/c1-18(10-12-3-2-6-17-8-12)9-11-4-5-14(16)13(15)7-11/h2-8H,9-10,16H2,1H3. The topological polar surface area (TPSA) is 42.2 Å². The number of nitrogen functional groups attached to an aromatic ring is 1. The molecule has 0 aliphatic carbocycles. The van der Waals surface area contributed by atoms with Gasteiger partial charge in [-0.25, -0.2) is 0 Å². The van der Waals surface area contributed by atoms with Gasteiger partial charge in [0, 0.05) is 34.7 Å². The van der Waals surface area contributed by atoms with Crippen LogP contribution in [0.15, 0.2) is 42.7 Å². The Balaban J connectivity index is 1.99. The van der Waals surface area contributed by atoms with E-state index in [-0.39, 0.29) is 0 Å². The smallest absolute Gasteiger partial charge is 0.0449 e. The number of pyridine rings is 1. The van der Waals surface area contributed by atoms with Crippen LogP contribution in [-0.2, 0) is 13.1 Å². The minimum atomic E-state index is 0.842. The number of rotatable bonds is 4. The van der Waals surface area contributed by atoms with Crippen molar-refractivity contribution in [2.24, 2.45) is 0 Å². The van der Waals surface area contributed by atoms with E-state index in [2.05, 4.69) is 57.7 Å². The van der Waals surface area contributed by atoms with Crippen molar-refractivity contribution >= 4 is 28.3 Å². The molecule has 0 saturated carbocycles. The highest BCUT2D eigenvalue weighted by Crippen LogP contribution is 2.17. The van der Waals surface area contributed by atoms with Gasteiger partial charge in [0.2, 0.25) is 0 Å². The number of halogens is 1. The van der Waals surface area contributed by atoms with Crippen molar-refractivity contribution in [3.05, 3.63) is 57.4 Å². The Morgan fingerprint density at radius 3 is 2.67 bits per heavy atom. The zero-order chi connectivity index (χ0) is 13.0. The van der Waals surface area contributed by atoms with Gasteiger partial charge in [0.05, 0.1) is 0 Å². The van der Waals surface area contributed by atoms with E-state index in [9.17, 15) is 0 Å². The van der Waals surface area contributed by atoms with E-state index in [1.165, 1.54) is 11.1 Å². The average molecular weight is 353 g/mol. The highest BCUT2D eigenvalue weighted by Gasteiger charge is 2.03. The van der Waals surface area contributed by atoms with Gasteiger partial charge in [-0.2, -0.15) is 0 Å². The third-order valence-corrected chi connectivity index (χ3v) is 3.63. The average Bonchev–Trinajstić information content (AvgIpc) is 2.35. The van der Waals surface area contributed by atoms with Crippen LogP contribution in [0.1, 0.15) is 11.1 Å². The van der Waals surface area contributed by atoms with Crippen LogP contribution in [0, 0.1) is 3.57 Å². The van der Waals surface area contributed by atoms with Crippen LogP contribution < -0.4 is 5.73 Å². The number of hydrogen-bond donors (Lipinski definition) is 1. The summed E-state index contributed by atoms with van der Waals surface area (Å²) in [6.07, 6.45) is 3.70. The first-order valence-electron chi connectivity index (χ1n) is 5.76. The van der Waals surface area contributed by atoms with Crippen LogP contribution in [0.25, 0.3) is 0 Å². The third-order valence-electron chi connectivity index (χ3n) is 2.69. The van der Waals surface area contributed by atoms with Gasteiger partial charge in [0.15, 0.2) is 0 Å². The second-order valence-electron chi connectivity index (χ2n) is 4.39. The minimum absolute atomic E-state index is 0.842. The molecule has 0 bridgehead atoms. The lowest BCUT2D eigenvalue weighted by Crippen LogP contribution is -2.17. The first-order valence-corrected chi connectivity index (χ1v) is 6.84. The SMILES string of the molecule is CN(Cc1cccnc1)Cc1ccc(N)c(I)c1. The molecule has 0 aliphatic rings. The molecule has 18 heavy (non-hydrogen) atoms. The van der Waals surface area contributed by atoms with Crippen LogP contribution in [0.2, 0.25) is 0 Å². The third kappa shape index (κ3) is 3.68. The lowest BCUT2D eigenvalue weighted by molar-refractivity contribution is 0.318. The number of anilines is 1. The van der Waals surface area contributed by atoms with E-state index in [0.29, 0.717) is 0 Å². The molecule has 2 N–H and O–H groups in total. The molecular weight excluding hydrogens is 337 g/mol. The maximum absolute atomic E-state index is 5.81. The Hall–Kier alpha value is -1.14. The van der Waals surface area contributed by atoms with Crippen molar-refractivity contribution in [3.8, 4) is 0 Å². The molecule has 1 aromatic carbocycles. The summed E-state index contributed by atoms with van der Waals surface area (Å²) in [7, 11) is 2.11. The Morgan fingerprint density at radius 1 is 1.22 bits per heavy atom. The zero-order valence-electron chi connectivity index (χ0n) is 10.3. The van der Waals surface area contributed by atoms with E-state index >= 15 is 0 Å². The molecule has 1 heterocycles. The molecule has 0 saturated heterocycles. The fourth-order valence-corrected chi connectivity index (χ4v) is 2.42. The Morgan fingerprint density at radius 2 is 2.00 bits per heavy atom. The number of hydrogen-bond acceptors (Lipinski definition) is 3. The normalized spacial score (nSPS) is 10.8. The van der Waals surface area contributed by atoms with Gasteiger partial charge in [0.25, 0.3) is 0 Å². The van der Waals surface area contributed by atoms with E-state index < -0.39 is 0 Å². The lowest BCUT2D eigenvalue weighted by Gasteiger charge is -2.17. The fraction of sp³-hybridized carbons (Fsp3) is 0.214. The summed E-state index contributed by atoms with van der Waals surface area (Å²) >= 11 is 2.27. The highest BCUT2D eigenvalue weighted by atomic mass is 127. The summed E-state index contributed by atoms with van der Waals surface area (Å²) in [6.45, 7) is 1.81. The van der Waals surface area contributed by atoms with Crippen molar-refractivity contribution in [3.63, 3.8) is 0 Å². The summed E-state index contributed by atoms with van der Waals surface area (Å²) in [5.74, 6) is 0. The van der Waals surface area contributed by atoms with Crippen LogP contribution >= 0.6 is 22.6 Å². The van der Waals surface area contributed by atoms with Gasteiger partial charge < -0.3 is 5.73 Å². The van der Waals surface area contributed by atoms with Gasteiger partial charge in [-0.05, 0) is 59.0 Å². The molecule has 0 unspecified atom stereocenters. The molecule has 3 nitrogen and oxygen atoms in total. The van der Waals surface area contributed by atoms with E-state index in [1.807, 2.05) is 18.3 Å². The van der Waals surface area contributed by atoms with Gasteiger partial charge in [-0.1, -0.05) is 12.1 Å². The fourth-order valence-electron chi connectivity index (χ4n) is 1.84. The number of benzene rings is 1. The van der Waals surface area contributed by atoms with Gasteiger partial charge in [-0.3, -0.25) is 9.88 Å². The Bertz CT molecular complexity index is 514. The van der Waals surface area contributed by atoms with Crippen molar-refractivity contribution < 1.29 is 0 Å². The molecule has 2 rings (SSSR count). The first kappa shape index (κ1) is 13.3. The molecule has 0 spiro atoms. The Labute approximate surface area is 121 Å². The monoisotopic (exact) mass is 353 g/mol. The van der Waals surface area contributed by atoms with Crippen LogP contribution in [0.3, 0.4) is 0 Å². The van der Waals surface area contributed by atoms with Gasteiger partial charge in [-0.15, -0.1) is 0 Å². The molecule has 0 atom stereocenters. The maximum atomic E-state index is 5.81. The lowest BCUT2D eigenvalue weighted by atomic mass is 10.2. The largest absolute Gasteiger partial charge is 0.398 e. The molecule has 0 fully saturated rings. The molecule has 2 aromatic rings. The number of aromatic nitrogens is 1. The van der Waals surface area contributed by atoms with E-state index in [1.54, 1.807) is 6.20 Å². The van der Waals surface area contributed by atoms with Crippen molar-refractivity contribution in [2.75, 3.05) is 12.8 Å². The number of nitrogens with two attached hydrogens (primary N) is 1. The minimum Gasteiger partial charge on any atom is -0.398 e. The second kappa shape index (κ2) is 6.15. The van der Waals surface area contributed by atoms with E-state index in [4.69, 9.17) is 5.73 Å². The summed E-state index contributed by atoms with van der Waals surface area (Å²) in [4.78, 5) is 6.39. The van der Waals surface area contributed by atoms with Gasteiger partial charge >= 0.3 is 0 Å². The molecule has 94 valence electrons. The molecule has 4 heteroatoms. The molecule has 1 aromatic heterocycles. The second-order valence-corrected chi connectivity index (χ2v) is 5.55. The van der Waals surface area contributed by atoms with Gasteiger partial charge in [0.1, 0.15) is 0 Å². The summed E-state index contributed by atoms with van der Waals surface area (Å²) < 4.78 is 1.11.